The van der Waals surface area contributed by atoms with Crippen LogP contribution in [0.4, 0.5) is 34.1 Å². The van der Waals surface area contributed by atoms with E-state index in [9.17, 15) is 0 Å². The van der Waals surface area contributed by atoms with E-state index in [2.05, 4.69) is 444 Å². The van der Waals surface area contributed by atoms with Gasteiger partial charge in [0, 0.05) is 66.7 Å². The average molecular weight is 1380 g/mol. The summed E-state index contributed by atoms with van der Waals surface area (Å²) >= 11 is 0. The van der Waals surface area contributed by atoms with Crippen molar-refractivity contribution in [2.45, 2.75) is 0 Å². The van der Waals surface area contributed by atoms with E-state index in [0.29, 0.717) is 0 Å². The maximum atomic E-state index is 2.41. The lowest BCUT2D eigenvalue weighted by atomic mass is 9.86. The highest BCUT2D eigenvalue weighted by Crippen LogP contribution is 2.48. The molecule has 21 aromatic rings. The molecule has 21 rings (SSSR count). The summed E-state index contributed by atoms with van der Waals surface area (Å²) in [6.07, 6.45) is 0. The molecule has 0 aliphatic rings. The van der Waals surface area contributed by atoms with Crippen molar-refractivity contribution in [3.63, 3.8) is 0 Å². The van der Waals surface area contributed by atoms with Crippen LogP contribution >= 0.6 is 0 Å². The van der Waals surface area contributed by atoms with Gasteiger partial charge in [-0.15, -0.1) is 0 Å². The Morgan fingerprint density at radius 1 is 0.157 bits per heavy atom. The molecular weight excluding hydrogens is 1310 g/mol. The molecule has 0 saturated heterocycles. The number of rotatable bonds is 12. The first-order valence-electron chi connectivity index (χ1n) is 37.1. The summed E-state index contributed by atoms with van der Waals surface area (Å²) in [4.78, 5) is 4.74. The molecule has 0 fully saturated rings. The lowest BCUT2D eigenvalue weighted by Crippen LogP contribution is -2.10. The van der Waals surface area contributed by atoms with Gasteiger partial charge in [-0.2, -0.15) is 0 Å². The van der Waals surface area contributed by atoms with Crippen LogP contribution in [-0.2, 0) is 0 Å². The van der Waals surface area contributed by atoms with E-state index in [0.717, 1.165) is 45.5 Å². The zero-order valence-corrected chi connectivity index (χ0v) is 59.2. The van der Waals surface area contributed by atoms with Gasteiger partial charge in [0.1, 0.15) is 0 Å². The SMILES string of the molecule is c1ccc(-c2c3ccccc3c(-c3ccc(-n4c5ccccc5c5cc(N(c6ccccc6)c6cccc7ccccc67)ccc54)cc3)c3ccccc23)cc1.c1ccc(-c2ccc(N(c3ccccc3)c3ccc4c(c3)c3ccccc3n4-c3ccc(-c4c5ccccc5cc5ccccc45)cc3)cc2)cc1. The monoisotopic (exact) mass is 1370 g/mol. The molecular formula is C104H70N4. The van der Waals surface area contributed by atoms with Crippen LogP contribution < -0.4 is 9.80 Å². The third kappa shape index (κ3) is 11.1. The number of aromatic nitrogens is 2. The van der Waals surface area contributed by atoms with E-state index >= 15 is 0 Å². The lowest BCUT2D eigenvalue weighted by Gasteiger charge is -2.27. The van der Waals surface area contributed by atoms with Gasteiger partial charge in [0.2, 0.25) is 0 Å². The average Bonchev–Trinajstić information content (AvgIpc) is 1.68. The number of anilines is 6. The van der Waals surface area contributed by atoms with Crippen molar-refractivity contribution in [2.24, 2.45) is 0 Å². The van der Waals surface area contributed by atoms with Crippen molar-refractivity contribution in [2.75, 3.05) is 9.80 Å². The molecule has 0 unspecified atom stereocenters. The summed E-state index contributed by atoms with van der Waals surface area (Å²) in [6, 6.07) is 154. The molecule has 4 heteroatoms. The van der Waals surface area contributed by atoms with E-state index < -0.39 is 0 Å². The Bertz CT molecular complexity index is 6830. The third-order valence-corrected chi connectivity index (χ3v) is 21.7. The van der Waals surface area contributed by atoms with Crippen LogP contribution in [0, 0.1) is 0 Å². The fraction of sp³-hybridized carbons (Fsp3) is 0. The minimum atomic E-state index is 1.12. The van der Waals surface area contributed by atoms with Crippen LogP contribution in [0.2, 0.25) is 0 Å². The highest BCUT2D eigenvalue weighted by atomic mass is 15.2. The lowest BCUT2D eigenvalue weighted by molar-refractivity contribution is 1.18. The number of para-hydroxylation sites is 4. The second-order valence-corrected chi connectivity index (χ2v) is 27.9. The first-order valence-corrected chi connectivity index (χ1v) is 37.1. The first kappa shape index (κ1) is 63.4. The Balaban J connectivity index is 0.000000143. The zero-order chi connectivity index (χ0) is 71.4. The van der Waals surface area contributed by atoms with Gasteiger partial charge in [-0.3, -0.25) is 0 Å². The van der Waals surface area contributed by atoms with Crippen LogP contribution in [0.15, 0.2) is 425 Å². The summed E-state index contributed by atoms with van der Waals surface area (Å²) in [6.45, 7) is 0. The van der Waals surface area contributed by atoms with Gasteiger partial charge in [0.25, 0.3) is 0 Å². The van der Waals surface area contributed by atoms with Crippen molar-refractivity contribution < 1.29 is 0 Å². The van der Waals surface area contributed by atoms with Gasteiger partial charge < -0.3 is 18.9 Å². The molecule has 0 aliphatic heterocycles. The molecule has 2 aromatic heterocycles. The van der Waals surface area contributed by atoms with E-state index in [-0.39, 0.29) is 0 Å². The predicted molar refractivity (Wildman–Crippen MR) is 460 cm³/mol. The van der Waals surface area contributed by atoms with Gasteiger partial charge in [-0.25, -0.2) is 0 Å². The fourth-order valence-corrected chi connectivity index (χ4v) is 16.9. The molecule has 0 radical (unpaired) electrons. The molecule has 0 N–H and O–H groups in total. The van der Waals surface area contributed by atoms with E-state index in [1.807, 2.05) is 0 Å². The van der Waals surface area contributed by atoms with Crippen molar-refractivity contribution >= 4 is 132 Å². The van der Waals surface area contributed by atoms with E-state index in [4.69, 9.17) is 0 Å². The maximum absolute atomic E-state index is 2.41. The van der Waals surface area contributed by atoms with Crippen molar-refractivity contribution in [3.8, 4) is 55.9 Å². The number of hydrogen-bond donors (Lipinski definition) is 0. The summed E-state index contributed by atoms with van der Waals surface area (Å²) in [5.74, 6) is 0. The van der Waals surface area contributed by atoms with Crippen LogP contribution in [0.1, 0.15) is 0 Å². The zero-order valence-electron chi connectivity index (χ0n) is 59.2. The Labute approximate surface area is 627 Å². The number of fused-ring (bicyclic) bond motifs is 11. The van der Waals surface area contributed by atoms with Crippen molar-refractivity contribution in [1.29, 1.82) is 0 Å². The van der Waals surface area contributed by atoms with Gasteiger partial charge in [0.15, 0.2) is 0 Å². The molecule has 0 saturated carbocycles. The standard InChI is InChI=1S/C54H36N2.C50H34N2/c1-3-17-38(18-4-1)53-45-24-9-11-26-47(45)54(48-27-12-10-25-46(48)53)39-30-32-41(33-31-39)56-51-28-14-13-23-44(51)49-36-42(34-35-52(49)56)55(40-20-5-2-6-21-40)50-29-15-19-37-16-7-8-22-43(37)50;1-3-13-35(14-4-1)36-23-27-41(28-24-36)51(40-17-5-2-6-18-40)43-31-32-49-47(34-43)46-21-11-12-22-48(46)52(49)42-29-25-37(26-30-42)50-44-19-9-7-15-38(44)33-39-16-8-10-20-45(39)50/h1-36H;1-34H. The topological polar surface area (TPSA) is 16.3 Å². The van der Waals surface area contributed by atoms with Crippen LogP contribution in [0.5, 0.6) is 0 Å². The smallest absolute Gasteiger partial charge is 0.0542 e. The van der Waals surface area contributed by atoms with Crippen LogP contribution in [-0.4, -0.2) is 9.13 Å². The highest BCUT2D eigenvalue weighted by Gasteiger charge is 2.23. The Hall–Kier alpha value is -14.3. The van der Waals surface area contributed by atoms with Gasteiger partial charge >= 0.3 is 0 Å². The maximum Gasteiger partial charge on any atom is 0.0542 e. The molecule has 0 bridgehead atoms. The fourth-order valence-electron chi connectivity index (χ4n) is 16.9. The molecule has 4 nitrogen and oxygen atoms in total. The highest BCUT2D eigenvalue weighted by molar-refractivity contribution is 6.22. The third-order valence-electron chi connectivity index (χ3n) is 21.7. The van der Waals surface area contributed by atoms with Gasteiger partial charge in [0.05, 0.1) is 27.8 Å². The number of nitrogens with zero attached hydrogens (tertiary/aromatic N) is 4. The number of benzene rings is 19. The Morgan fingerprint density at radius 3 is 0.944 bits per heavy atom. The summed E-state index contributed by atoms with van der Waals surface area (Å²) in [7, 11) is 0. The van der Waals surface area contributed by atoms with E-state index in [1.54, 1.807) is 0 Å². The predicted octanol–water partition coefficient (Wildman–Crippen LogP) is 28.9. The minimum Gasteiger partial charge on any atom is -0.310 e. The molecule has 0 atom stereocenters. The quantitative estimate of drug-likeness (QED) is 0.113. The molecule has 108 heavy (non-hydrogen) atoms. The number of hydrogen-bond acceptors (Lipinski definition) is 2. The van der Waals surface area contributed by atoms with Crippen molar-refractivity contribution in [3.05, 3.63) is 425 Å². The normalized spacial score (nSPS) is 11.5. The van der Waals surface area contributed by atoms with Crippen LogP contribution in [0.25, 0.3) is 153 Å². The molecule has 19 aromatic carbocycles. The first-order chi connectivity index (χ1) is 53.6. The Kier molecular flexibility index (Phi) is 15.9. The van der Waals surface area contributed by atoms with Gasteiger partial charge in [-0.05, 0) is 214 Å². The second-order valence-electron chi connectivity index (χ2n) is 27.9. The Morgan fingerprint density at radius 2 is 0.463 bits per heavy atom. The largest absolute Gasteiger partial charge is 0.310 e. The van der Waals surface area contributed by atoms with E-state index in [1.165, 1.54) is 142 Å². The van der Waals surface area contributed by atoms with Crippen LogP contribution in [0.3, 0.4) is 0 Å². The second kappa shape index (κ2) is 27.1. The minimum absolute atomic E-state index is 1.12. The molecule has 2 heterocycles. The van der Waals surface area contributed by atoms with Crippen molar-refractivity contribution in [1.82, 2.24) is 9.13 Å². The summed E-state index contributed by atoms with van der Waals surface area (Å²) < 4.78 is 4.82. The molecule has 0 aliphatic carbocycles. The molecule has 0 amide bonds. The summed E-state index contributed by atoms with van der Waals surface area (Å²) in [5.41, 5.74) is 23.7. The molecule has 0 spiro atoms. The summed E-state index contributed by atoms with van der Waals surface area (Å²) in [5, 5.41) is 17.5. The molecule has 506 valence electrons. The van der Waals surface area contributed by atoms with Gasteiger partial charge in [-0.1, -0.05) is 303 Å².